The van der Waals surface area contributed by atoms with Gasteiger partial charge < -0.3 is 5.32 Å². The van der Waals surface area contributed by atoms with E-state index in [9.17, 15) is 13.2 Å². The van der Waals surface area contributed by atoms with Crippen LogP contribution in [-0.2, 0) is 21.2 Å². The third-order valence-corrected chi connectivity index (χ3v) is 6.96. The molecule has 0 saturated carbocycles. The minimum atomic E-state index is -3.45. The van der Waals surface area contributed by atoms with Gasteiger partial charge in [0.1, 0.15) is 0 Å². The van der Waals surface area contributed by atoms with Crippen molar-refractivity contribution < 1.29 is 13.2 Å². The van der Waals surface area contributed by atoms with Gasteiger partial charge in [0.05, 0.1) is 16.5 Å². The molecule has 0 atom stereocenters. The fraction of sp³-hybridized carbons (Fsp3) is 0.364. The van der Waals surface area contributed by atoms with Crippen molar-refractivity contribution in [3.05, 3.63) is 59.7 Å². The Bertz CT molecular complexity index is 987. The molecule has 6 nitrogen and oxygen atoms in total. The predicted molar refractivity (Wildman–Crippen MR) is 112 cm³/mol. The Kier molecular flexibility index (Phi) is 7.02. The van der Waals surface area contributed by atoms with Crippen molar-refractivity contribution >= 4 is 21.6 Å². The smallest absolute Gasteiger partial charge is 0.243 e. The van der Waals surface area contributed by atoms with Crippen LogP contribution in [0.25, 0.3) is 0 Å². The van der Waals surface area contributed by atoms with Gasteiger partial charge in [-0.2, -0.15) is 9.57 Å². The summed E-state index contributed by atoms with van der Waals surface area (Å²) >= 11 is 0. The molecule has 1 N–H and O–H groups in total. The summed E-state index contributed by atoms with van der Waals surface area (Å²) in [6.07, 6.45) is 4.75. The normalized spacial score (nSPS) is 15.3. The first-order chi connectivity index (χ1) is 14.0. The number of amides is 1. The number of sulfonamides is 1. The monoisotopic (exact) mass is 411 g/mol. The van der Waals surface area contributed by atoms with Crippen LogP contribution in [0, 0.1) is 11.3 Å². The molecule has 2 aromatic carbocycles. The van der Waals surface area contributed by atoms with Crippen LogP contribution in [0.5, 0.6) is 0 Å². The van der Waals surface area contributed by atoms with E-state index in [1.54, 1.807) is 52.8 Å². The molecule has 1 aliphatic heterocycles. The van der Waals surface area contributed by atoms with E-state index in [2.05, 4.69) is 5.32 Å². The Morgan fingerprint density at radius 1 is 1.03 bits per heavy atom. The number of carbonyl (C=O) groups is 1. The third kappa shape index (κ3) is 5.66. The number of aryl methyl sites for hydroxylation is 1. The SMILES string of the molecule is N#Cc1cccc(NC(=O)CCc2ccc(S(=O)(=O)N3CCCCCC3)cc2)c1. The van der Waals surface area contributed by atoms with E-state index in [4.69, 9.17) is 5.26 Å². The standard InChI is InChI=1S/C22H25N3O3S/c23-17-19-6-5-7-20(16-19)24-22(26)13-10-18-8-11-21(12-9-18)29(27,28)25-14-3-1-2-4-15-25/h5-9,11-12,16H,1-4,10,13-15H2,(H,24,26). The molecule has 1 saturated heterocycles. The molecule has 0 bridgehead atoms. The van der Waals surface area contributed by atoms with E-state index in [0.29, 0.717) is 35.7 Å². The summed E-state index contributed by atoms with van der Waals surface area (Å²) in [4.78, 5) is 12.5. The molecule has 1 amide bonds. The Labute approximate surface area is 172 Å². The van der Waals surface area contributed by atoms with Crippen molar-refractivity contribution in [1.29, 1.82) is 5.26 Å². The Hall–Kier alpha value is -2.69. The topological polar surface area (TPSA) is 90.3 Å². The van der Waals surface area contributed by atoms with Gasteiger partial charge in [0.15, 0.2) is 0 Å². The summed E-state index contributed by atoms with van der Waals surface area (Å²) in [6.45, 7) is 1.16. The molecule has 3 rings (SSSR count). The van der Waals surface area contributed by atoms with Crippen molar-refractivity contribution in [1.82, 2.24) is 4.31 Å². The molecular weight excluding hydrogens is 386 g/mol. The largest absolute Gasteiger partial charge is 0.326 e. The number of rotatable bonds is 6. The van der Waals surface area contributed by atoms with Crippen LogP contribution in [0.1, 0.15) is 43.2 Å². The van der Waals surface area contributed by atoms with Crippen molar-refractivity contribution in [2.75, 3.05) is 18.4 Å². The highest BCUT2D eigenvalue weighted by atomic mass is 32.2. The first-order valence-corrected chi connectivity index (χ1v) is 11.3. The number of nitrogens with one attached hydrogen (secondary N) is 1. The molecule has 2 aromatic rings. The lowest BCUT2D eigenvalue weighted by molar-refractivity contribution is -0.116. The first kappa shape index (κ1) is 21.0. The average molecular weight is 412 g/mol. The van der Waals surface area contributed by atoms with Gasteiger partial charge in [-0.1, -0.05) is 31.0 Å². The fourth-order valence-electron chi connectivity index (χ4n) is 3.41. The minimum Gasteiger partial charge on any atom is -0.326 e. The molecule has 0 spiro atoms. The van der Waals surface area contributed by atoms with Gasteiger partial charge in [0, 0.05) is 25.2 Å². The van der Waals surface area contributed by atoms with Crippen LogP contribution in [0.2, 0.25) is 0 Å². The number of hydrogen-bond acceptors (Lipinski definition) is 4. The van der Waals surface area contributed by atoms with Crippen LogP contribution < -0.4 is 5.32 Å². The summed E-state index contributed by atoms with van der Waals surface area (Å²) in [6, 6.07) is 15.6. The number of carbonyl (C=O) groups excluding carboxylic acids is 1. The van der Waals surface area contributed by atoms with Crippen LogP contribution in [0.3, 0.4) is 0 Å². The number of anilines is 1. The van der Waals surface area contributed by atoms with Gasteiger partial charge in [0.2, 0.25) is 15.9 Å². The quantitative estimate of drug-likeness (QED) is 0.785. The van der Waals surface area contributed by atoms with Gasteiger partial charge in [0.25, 0.3) is 0 Å². The highest BCUT2D eigenvalue weighted by molar-refractivity contribution is 7.89. The molecule has 0 aromatic heterocycles. The lowest BCUT2D eigenvalue weighted by Crippen LogP contribution is -2.31. The second-order valence-electron chi connectivity index (χ2n) is 7.20. The summed E-state index contributed by atoms with van der Waals surface area (Å²) in [5, 5.41) is 11.7. The maximum atomic E-state index is 12.8. The maximum absolute atomic E-state index is 12.8. The maximum Gasteiger partial charge on any atom is 0.243 e. The predicted octanol–water partition coefficient (Wildman–Crippen LogP) is 3.69. The van der Waals surface area contributed by atoms with Crippen molar-refractivity contribution in [2.24, 2.45) is 0 Å². The van der Waals surface area contributed by atoms with E-state index in [1.807, 2.05) is 6.07 Å². The van der Waals surface area contributed by atoms with Crippen LogP contribution in [0.4, 0.5) is 5.69 Å². The van der Waals surface area contributed by atoms with Crippen LogP contribution in [-0.4, -0.2) is 31.7 Å². The minimum absolute atomic E-state index is 0.152. The molecule has 1 fully saturated rings. The molecular formula is C22H25N3O3S. The second-order valence-corrected chi connectivity index (χ2v) is 9.14. The molecule has 0 aliphatic carbocycles. The van der Waals surface area contributed by atoms with E-state index >= 15 is 0 Å². The zero-order chi connectivity index (χ0) is 20.7. The zero-order valence-electron chi connectivity index (χ0n) is 16.3. The molecule has 0 unspecified atom stereocenters. The molecule has 0 radical (unpaired) electrons. The van der Waals surface area contributed by atoms with E-state index < -0.39 is 10.0 Å². The second kappa shape index (κ2) is 9.68. The third-order valence-electron chi connectivity index (χ3n) is 5.04. The summed E-state index contributed by atoms with van der Waals surface area (Å²) in [5.74, 6) is -0.152. The summed E-state index contributed by atoms with van der Waals surface area (Å²) in [5.41, 5.74) is 1.98. The van der Waals surface area contributed by atoms with Crippen LogP contribution >= 0.6 is 0 Å². The van der Waals surface area contributed by atoms with Crippen molar-refractivity contribution in [3.63, 3.8) is 0 Å². The average Bonchev–Trinajstić information content (AvgIpc) is 3.03. The van der Waals surface area contributed by atoms with Gasteiger partial charge in [-0.3, -0.25) is 4.79 Å². The molecule has 7 heteroatoms. The van der Waals surface area contributed by atoms with Gasteiger partial charge >= 0.3 is 0 Å². The summed E-state index contributed by atoms with van der Waals surface area (Å²) in [7, 11) is -3.45. The Balaban J connectivity index is 1.57. The summed E-state index contributed by atoms with van der Waals surface area (Å²) < 4.78 is 27.2. The lowest BCUT2D eigenvalue weighted by Gasteiger charge is -2.20. The van der Waals surface area contributed by atoms with E-state index in [-0.39, 0.29) is 12.3 Å². The Morgan fingerprint density at radius 3 is 2.38 bits per heavy atom. The Morgan fingerprint density at radius 2 is 1.72 bits per heavy atom. The first-order valence-electron chi connectivity index (χ1n) is 9.88. The number of nitriles is 1. The lowest BCUT2D eigenvalue weighted by atomic mass is 10.1. The molecule has 1 aliphatic rings. The number of hydrogen-bond donors (Lipinski definition) is 1. The van der Waals surface area contributed by atoms with Gasteiger partial charge in [-0.15, -0.1) is 0 Å². The van der Waals surface area contributed by atoms with Gasteiger partial charge in [-0.25, -0.2) is 8.42 Å². The van der Waals surface area contributed by atoms with Gasteiger partial charge in [-0.05, 0) is 55.2 Å². The highest BCUT2D eigenvalue weighted by Gasteiger charge is 2.24. The van der Waals surface area contributed by atoms with Crippen molar-refractivity contribution in [3.8, 4) is 6.07 Å². The highest BCUT2D eigenvalue weighted by Crippen LogP contribution is 2.21. The zero-order valence-corrected chi connectivity index (χ0v) is 17.1. The number of nitrogens with zero attached hydrogens (tertiary/aromatic N) is 2. The van der Waals surface area contributed by atoms with E-state index in [1.165, 1.54) is 0 Å². The van der Waals surface area contributed by atoms with Crippen LogP contribution in [0.15, 0.2) is 53.4 Å². The van der Waals surface area contributed by atoms with E-state index in [0.717, 1.165) is 31.2 Å². The fourth-order valence-corrected chi connectivity index (χ4v) is 4.92. The number of benzene rings is 2. The molecule has 29 heavy (non-hydrogen) atoms. The van der Waals surface area contributed by atoms with Crippen molar-refractivity contribution in [2.45, 2.75) is 43.4 Å². The molecule has 1 heterocycles. The molecule has 152 valence electrons.